The van der Waals surface area contributed by atoms with Gasteiger partial charge in [0.15, 0.2) is 5.70 Å². The first kappa shape index (κ1) is 19.4. The molecule has 0 N–H and O–H groups in total. The number of alkyl halides is 3. The normalized spacial score (nSPS) is 17.9. The molecule has 28 heavy (non-hydrogen) atoms. The molecule has 11 heteroatoms. The second kappa shape index (κ2) is 6.31. The zero-order chi connectivity index (χ0) is 20.4. The Morgan fingerprint density at radius 2 is 1.79 bits per heavy atom. The summed E-state index contributed by atoms with van der Waals surface area (Å²) in [5, 5.41) is 0. The van der Waals surface area contributed by atoms with Gasteiger partial charge >= 0.3 is 13.1 Å². The summed E-state index contributed by atoms with van der Waals surface area (Å²) in [5.74, 6) is -0.0599. The van der Waals surface area contributed by atoms with Crippen molar-refractivity contribution in [1.82, 2.24) is 4.48 Å². The van der Waals surface area contributed by atoms with Crippen LogP contribution in [0.5, 0.6) is 5.75 Å². The minimum Gasteiger partial charge on any atom is -0.496 e. The van der Waals surface area contributed by atoms with E-state index >= 15 is 8.63 Å². The monoisotopic (exact) mass is 522 g/mol. The molecule has 0 saturated carbocycles. The summed E-state index contributed by atoms with van der Waals surface area (Å²) < 4.78 is 76.8. The van der Waals surface area contributed by atoms with Crippen LogP contribution >= 0.6 is 31.9 Å². The molecule has 0 bridgehead atoms. The summed E-state index contributed by atoms with van der Waals surface area (Å²) in [6.07, 6.45) is -1.58. The summed E-state index contributed by atoms with van der Waals surface area (Å²) in [7, 11) is 1.24. The number of fused-ring (bicyclic) bond motifs is 2. The first-order chi connectivity index (χ1) is 13.1. The molecule has 0 amide bonds. The van der Waals surface area contributed by atoms with E-state index in [4.69, 9.17) is 4.74 Å². The third-order valence-corrected chi connectivity index (χ3v) is 5.96. The number of methoxy groups -OCH3 is 1. The van der Waals surface area contributed by atoms with Gasteiger partial charge in [-0.15, -0.1) is 0 Å². The van der Waals surface area contributed by atoms with E-state index in [0.29, 0.717) is 5.57 Å². The highest BCUT2D eigenvalue weighted by atomic mass is 79.9. The highest BCUT2D eigenvalue weighted by Crippen LogP contribution is 2.45. The number of aromatic nitrogens is 1. The molecule has 0 fully saturated rings. The Morgan fingerprint density at radius 3 is 2.43 bits per heavy atom. The predicted molar refractivity (Wildman–Crippen MR) is 103 cm³/mol. The minimum atomic E-state index is -4.55. The lowest BCUT2D eigenvalue weighted by Crippen LogP contribution is -2.50. The van der Waals surface area contributed by atoms with E-state index in [1.165, 1.54) is 37.5 Å². The van der Waals surface area contributed by atoms with Crippen LogP contribution in [-0.4, -0.2) is 27.7 Å². The molecule has 0 saturated heterocycles. The van der Waals surface area contributed by atoms with Gasteiger partial charge in [-0.25, -0.2) is 0 Å². The molecule has 4 rings (SSSR count). The molecule has 0 spiro atoms. The van der Waals surface area contributed by atoms with Gasteiger partial charge in [0, 0.05) is 39.3 Å². The SMILES string of the molecule is COc1cc(C(F)(F)F)ccc1C1=C2C=CC(Br)=[N+]2[B-](F)(F)n2c(Br)ccc21. The first-order valence-corrected chi connectivity index (χ1v) is 9.55. The van der Waals surface area contributed by atoms with Crippen LogP contribution in [0, 0.1) is 0 Å². The maximum Gasteiger partial charge on any atom is 0.738 e. The van der Waals surface area contributed by atoms with Crippen LogP contribution in [-0.2, 0) is 6.18 Å². The van der Waals surface area contributed by atoms with E-state index in [1.807, 2.05) is 0 Å². The number of ether oxygens (including phenoxy) is 1. The smallest absolute Gasteiger partial charge is 0.496 e. The van der Waals surface area contributed by atoms with Gasteiger partial charge in [-0.1, -0.05) is 0 Å². The molecule has 3 heterocycles. The van der Waals surface area contributed by atoms with Crippen LogP contribution in [0.2, 0.25) is 0 Å². The molecule has 0 radical (unpaired) electrons. The van der Waals surface area contributed by atoms with Crippen molar-refractivity contribution in [3.05, 3.63) is 69.6 Å². The molecule has 2 aliphatic heterocycles. The van der Waals surface area contributed by atoms with Crippen LogP contribution in [0.15, 0.2) is 52.8 Å². The summed E-state index contributed by atoms with van der Waals surface area (Å²) >= 11 is 6.28. The van der Waals surface area contributed by atoms with Crippen molar-refractivity contribution >= 4 is 49.0 Å². The summed E-state index contributed by atoms with van der Waals surface area (Å²) in [6, 6.07) is 5.99. The van der Waals surface area contributed by atoms with Gasteiger partial charge in [-0.2, -0.15) is 13.2 Å². The molecule has 2 aliphatic rings. The highest BCUT2D eigenvalue weighted by Gasteiger charge is 2.54. The molecule has 0 atom stereocenters. The number of nitrogens with zero attached hydrogens (tertiary/aromatic N) is 2. The maximum absolute atomic E-state index is 15.2. The zero-order valence-electron chi connectivity index (χ0n) is 14.1. The number of hydrogen-bond acceptors (Lipinski definition) is 1. The quantitative estimate of drug-likeness (QED) is 0.367. The van der Waals surface area contributed by atoms with Crippen molar-refractivity contribution in [3.63, 3.8) is 0 Å². The lowest BCUT2D eigenvalue weighted by atomic mass is 9.86. The van der Waals surface area contributed by atoms with Gasteiger partial charge in [0.05, 0.1) is 22.8 Å². The van der Waals surface area contributed by atoms with Crippen LogP contribution in [0.4, 0.5) is 21.8 Å². The Morgan fingerprint density at radius 1 is 1.07 bits per heavy atom. The molecule has 146 valence electrons. The van der Waals surface area contributed by atoms with E-state index in [1.54, 1.807) is 0 Å². The van der Waals surface area contributed by atoms with Crippen LogP contribution < -0.4 is 4.74 Å². The number of hydrogen-bond donors (Lipinski definition) is 0. The van der Waals surface area contributed by atoms with Crippen LogP contribution in [0.25, 0.3) is 5.57 Å². The van der Waals surface area contributed by atoms with E-state index in [9.17, 15) is 13.2 Å². The second-order valence-corrected chi connectivity index (χ2v) is 7.82. The second-order valence-electron chi connectivity index (χ2n) is 6.20. The fraction of sp³-hybridized carbons (Fsp3) is 0.118. The summed E-state index contributed by atoms with van der Waals surface area (Å²) in [5.41, 5.74) is 0.0866. The molecule has 0 aliphatic carbocycles. The van der Waals surface area contributed by atoms with Gasteiger partial charge in [-0.05, 0) is 46.3 Å². The van der Waals surface area contributed by atoms with Crippen molar-refractivity contribution < 1.29 is 31.0 Å². The van der Waals surface area contributed by atoms with Gasteiger partial charge < -0.3 is 22.3 Å². The van der Waals surface area contributed by atoms with Crippen LogP contribution in [0.1, 0.15) is 16.8 Å². The number of benzene rings is 1. The third kappa shape index (κ3) is 2.70. The van der Waals surface area contributed by atoms with E-state index in [-0.39, 0.29) is 31.9 Å². The lowest BCUT2D eigenvalue weighted by molar-refractivity contribution is -0.358. The zero-order valence-corrected chi connectivity index (χ0v) is 17.2. The predicted octanol–water partition coefficient (Wildman–Crippen LogP) is 5.65. The average Bonchev–Trinajstić information content (AvgIpc) is 3.19. The van der Waals surface area contributed by atoms with Gasteiger partial charge in [0.25, 0.3) is 0 Å². The van der Waals surface area contributed by atoms with Gasteiger partial charge in [0.1, 0.15) is 5.75 Å². The topological polar surface area (TPSA) is 17.2 Å². The standard InChI is InChI=1S/C17H10BBr2F5N2O/c1-28-13-8-9(17(21,22)23)2-3-10(13)16-11-4-6-14(19)26(11)18(24,25)27-12(16)5-7-15(27)20/h2-8H,1H3. The van der Waals surface area contributed by atoms with Crippen molar-refractivity contribution in [2.24, 2.45) is 0 Å². The molecule has 0 unspecified atom stereocenters. The molecule has 3 nitrogen and oxygen atoms in total. The Kier molecular flexibility index (Phi) is 4.38. The van der Waals surface area contributed by atoms with Crippen molar-refractivity contribution in [1.29, 1.82) is 0 Å². The van der Waals surface area contributed by atoms with Crippen molar-refractivity contribution in [2.45, 2.75) is 6.18 Å². The molecular weight excluding hydrogens is 514 g/mol. The van der Waals surface area contributed by atoms with Crippen molar-refractivity contribution in [2.75, 3.05) is 7.11 Å². The Hall–Kier alpha value is -1.88. The highest BCUT2D eigenvalue weighted by molar-refractivity contribution is 9.18. The first-order valence-electron chi connectivity index (χ1n) is 7.96. The van der Waals surface area contributed by atoms with Crippen LogP contribution in [0.3, 0.4) is 0 Å². The number of halogens is 7. The lowest BCUT2D eigenvalue weighted by Gasteiger charge is -2.32. The molecule has 1 aromatic carbocycles. The Bertz CT molecular complexity index is 1100. The number of rotatable bonds is 2. The average molecular weight is 524 g/mol. The summed E-state index contributed by atoms with van der Waals surface area (Å²) in [4.78, 5) is 0. The Labute approximate surface area is 173 Å². The minimum absolute atomic E-state index is 0.0599. The fourth-order valence-electron chi connectivity index (χ4n) is 3.48. The largest absolute Gasteiger partial charge is 0.738 e. The molecule has 2 aromatic rings. The molecule has 1 aromatic heterocycles. The number of allylic oxidation sites excluding steroid dienone is 2. The van der Waals surface area contributed by atoms with E-state index in [0.717, 1.165) is 21.1 Å². The maximum atomic E-state index is 15.2. The third-order valence-electron chi connectivity index (χ3n) is 4.67. The van der Waals surface area contributed by atoms with Crippen molar-refractivity contribution in [3.8, 4) is 5.75 Å². The summed E-state index contributed by atoms with van der Waals surface area (Å²) in [6.45, 7) is -4.21. The van der Waals surface area contributed by atoms with Gasteiger partial charge in [0.2, 0.25) is 4.62 Å². The molecular formula is C17H10BBr2F5N2O. The fourth-order valence-corrected chi connectivity index (χ4v) is 4.62. The Balaban J connectivity index is 2.05. The van der Waals surface area contributed by atoms with E-state index < -0.39 is 18.7 Å². The van der Waals surface area contributed by atoms with E-state index in [2.05, 4.69) is 31.9 Å². The van der Waals surface area contributed by atoms with Gasteiger partial charge in [-0.3, -0.25) is 0 Å².